The molecule has 0 bridgehead atoms. The zero-order chi connectivity index (χ0) is 24.6. The van der Waals surface area contributed by atoms with E-state index in [2.05, 4.69) is 43.7 Å². The summed E-state index contributed by atoms with van der Waals surface area (Å²) in [5.41, 5.74) is 6.56. The van der Waals surface area contributed by atoms with Gasteiger partial charge in [0.15, 0.2) is 5.13 Å². The Labute approximate surface area is 221 Å². The van der Waals surface area contributed by atoms with Crippen LogP contribution in [0.15, 0.2) is 81.7 Å². The summed E-state index contributed by atoms with van der Waals surface area (Å²) in [6.45, 7) is 2.71. The fourth-order valence-corrected chi connectivity index (χ4v) is 4.45. The van der Waals surface area contributed by atoms with Crippen LogP contribution in [0.25, 0.3) is 11.3 Å². The monoisotopic (exact) mass is 568 g/mol. The Morgan fingerprint density at radius 3 is 2.63 bits per heavy atom. The lowest BCUT2D eigenvalue weighted by atomic mass is 10.1. The van der Waals surface area contributed by atoms with Gasteiger partial charge in [-0.2, -0.15) is 5.10 Å². The third-order valence-corrected chi connectivity index (χ3v) is 6.47. The Bertz CT molecular complexity index is 1320. The van der Waals surface area contributed by atoms with E-state index >= 15 is 0 Å². The topological polar surface area (TPSA) is 75.6 Å². The van der Waals surface area contributed by atoms with Crippen LogP contribution in [-0.2, 0) is 0 Å². The number of benzene rings is 3. The fourth-order valence-electron chi connectivity index (χ4n) is 3.07. The zero-order valence-electron chi connectivity index (χ0n) is 18.8. The first-order valence-electron chi connectivity index (χ1n) is 10.9. The second-order valence-corrected chi connectivity index (χ2v) is 9.63. The largest absolute Gasteiger partial charge is 0.492 e. The summed E-state index contributed by atoms with van der Waals surface area (Å²) < 4.78 is 6.48. The molecule has 0 radical (unpaired) electrons. The molecular formula is C26H22BrClN4O2S. The number of carbonyl (C=O) groups excluding carboxylic acids is 1. The minimum atomic E-state index is -0.293. The highest BCUT2D eigenvalue weighted by Gasteiger charge is 2.08. The highest BCUT2D eigenvalue weighted by molar-refractivity contribution is 9.10. The molecule has 3 aromatic carbocycles. The van der Waals surface area contributed by atoms with E-state index in [9.17, 15) is 4.79 Å². The van der Waals surface area contributed by atoms with Gasteiger partial charge < -0.3 is 10.1 Å². The van der Waals surface area contributed by atoms with Gasteiger partial charge in [0.2, 0.25) is 0 Å². The van der Waals surface area contributed by atoms with Crippen LogP contribution in [0.3, 0.4) is 0 Å². The number of halogens is 2. The van der Waals surface area contributed by atoms with Gasteiger partial charge in [0, 0.05) is 27.2 Å². The van der Waals surface area contributed by atoms with E-state index in [1.54, 1.807) is 18.3 Å². The molecule has 1 heterocycles. The van der Waals surface area contributed by atoms with Gasteiger partial charge in [-0.15, -0.1) is 11.3 Å². The Morgan fingerprint density at radius 2 is 1.91 bits per heavy atom. The molecule has 4 rings (SSSR count). The Kier molecular flexibility index (Phi) is 8.52. The van der Waals surface area contributed by atoms with Crippen molar-refractivity contribution in [2.75, 3.05) is 11.9 Å². The zero-order valence-corrected chi connectivity index (χ0v) is 22.0. The fraction of sp³-hybridized carbons (Fsp3) is 0.115. The lowest BCUT2D eigenvalue weighted by Gasteiger charge is -2.07. The van der Waals surface area contributed by atoms with Gasteiger partial charge in [-0.25, -0.2) is 10.4 Å². The average molecular weight is 570 g/mol. The number of ether oxygens (including phenoxy) is 1. The number of thiazole rings is 1. The van der Waals surface area contributed by atoms with Crippen LogP contribution >= 0.6 is 38.9 Å². The van der Waals surface area contributed by atoms with Crippen molar-refractivity contribution in [1.29, 1.82) is 0 Å². The Hall–Kier alpha value is -3.20. The molecule has 2 N–H and O–H groups in total. The molecule has 9 heteroatoms. The normalized spacial score (nSPS) is 10.9. The van der Waals surface area contributed by atoms with Crippen LogP contribution in [0.5, 0.6) is 5.75 Å². The smallest absolute Gasteiger partial charge is 0.271 e. The minimum absolute atomic E-state index is 0.293. The second kappa shape index (κ2) is 12.0. The van der Waals surface area contributed by atoms with Crippen LogP contribution < -0.4 is 15.5 Å². The average Bonchev–Trinajstić information content (AvgIpc) is 3.33. The van der Waals surface area contributed by atoms with Crippen molar-refractivity contribution < 1.29 is 9.53 Å². The number of carbonyl (C=O) groups is 1. The van der Waals surface area contributed by atoms with E-state index in [4.69, 9.17) is 16.3 Å². The Morgan fingerprint density at radius 1 is 1.14 bits per heavy atom. The van der Waals surface area contributed by atoms with Crippen molar-refractivity contribution in [1.82, 2.24) is 10.4 Å². The van der Waals surface area contributed by atoms with Crippen LogP contribution in [0.2, 0.25) is 5.02 Å². The number of hydrogen-bond donors (Lipinski definition) is 2. The number of hydrazone groups is 1. The number of amides is 1. The molecule has 0 saturated heterocycles. The van der Waals surface area contributed by atoms with E-state index in [-0.39, 0.29) is 5.91 Å². The molecule has 1 amide bonds. The Balaban J connectivity index is 1.34. The van der Waals surface area contributed by atoms with Crippen molar-refractivity contribution >= 4 is 61.8 Å². The molecule has 0 saturated carbocycles. The van der Waals surface area contributed by atoms with E-state index in [1.807, 2.05) is 60.0 Å². The first-order chi connectivity index (χ1) is 17.0. The molecule has 4 aromatic rings. The molecule has 1 aromatic heterocycles. The van der Waals surface area contributed by atoms with Crippen molar-refractivity contribution in [2.45, 2.75) is 13.3 Å². The third kappa shape index (κ3) is 6.91. The maximum absolute atomic E-state index is 12.5. The lowest BCUT2D eigenvalue weighted by molar-refractivity contribution is 0.0955. The highest BCUT2D eigenvalue weighted by Crippen LogP contribution is 2.28. The summed E-state index contributed by atoms with van der Waals surface area (Å²) in [5.74, 6) is 0.485. The molecule has 0 spiro atoms. The van der Waals surface area contributed by atoms with E-state index < -0.39 is 0 Å². The standard InChI is InChI=1S/C26H22BrClN4O2S/c1-2-13-34-24-12-3-17(14-22(24)27)15-29-32-25(33)19-6-4-18(5-7-19)23-16-35-26(31-23)30-21-10-8-20(28)9-11-21/h3-12,14-16H,2,13H2,1H3,(H,30,31)(H,32,33)/b29-15-. The van der Waals surface area contributed by atoms with E-state index in [0.29, 0.717) is 17.2 Å². The van der Waals surface area contributed by atoms with Gasteiger partial charge in [0.1, 0.15) is 5.75 Å². The molecule has 0 atom stereocenters. The molecule has 0 fully saturated rings. The van der Waals surface area contributed by atoms with Gasteiger partial charge in [-0.05, 0) is 82.5 Å². The predicted octanol–water partition coefficient (Wildman–Crippen LogP) is 7.52. The van der Waals surface area contributed by atoms with Crippen molar-refractivity contribution in [3.8, 4) is 17.0 Å². The number of nitrogens with zero attached hydrogens (tertiary/aromatic N) is 2. The molecular weight excluding hydrogens is 548 g/mol. The second-order valence-electron chi connectivity index (χ2n) is 7.48. The van der Waals surface area contributed by atoms with E-state index in [1.165, 1.54) is 11.3 Å². The molecule has 6 nitrogen and oxygen atoms in total. The molecule has 35 heavy (non-hydrogen) atoms. The number of nitrogens with one attached hydrogen (secondary N) is 2. The maximum atomic E-state index is 12.5. The minimum Gasteiger partial charge on any atom is -0.492 e. The van der Waals surface area contributed by atoms with Crippen LogP contribution in [0.4, 0.5) is 10.8 Å². The van der Waals surface area contributed by atoms with Gasteiger partial charge in [-0.3, -0.25) is 4.79 Å². The number of rotatable bonds is 9. The van der Waals surface area contributed by atoms with Crippen molar-refractivity contribution in [3.05, 3.63) is 92.7 Å². The van der Waals surface area contributed by atoms with Crippen LogP contribution in [-0.4, -0.2) is 23.7 Å². The van der Waals surface area contributed by atoms with Crippen LogP contribution in [0, 0.1) is 0 Å². The first-order valence-corrected chi connectivity index (χ1v) is 12.9. The van der Waals surface area contributed by atoms with Crippen LogP contribution in [0.1, 0.15) is 29.3 Å². The summed E-state index contributed by atoms with van der Waals surface area (Å²) >= 11 is 10.9. The predicted molar refractivity (Wildman–Crippen MR) is 147 cm³/mol. The highest BCUT2D eigenvalue weighted by atomic mass is 79.9. The molecule has 0 aliphatic carbocycles. The summed E-state index contributed by atoms with van der Waals surface area (Å²) in [6.07, 6.45) is 2.53. The van der Waals surface area contributed by atoms with Gasteiger partial charge in [-0.1, -0.05) is 30.7 Å². The molecule has 178 valence electrons. The van der Waals surface area contributed by atoms with Crippen molar-refractivity contribution in [2.24, 2.45) is 5.10 Å². The third-order valence-electron chi connectivity index (χ3n) is 4.84. The lowest BCUT2D eigenvalue weighted by Crippen LogP contribution is -2.17. The van der Waals surface area contributed by atoms with Gasteiger partial charge in [0.05, 0.1) is 23.0 Å². The molecule has 0 unspecified atom stereocenters. The SMILES string of the molecule is CCCOc1ccc(/C=N\NC(=O)c2ccc(-c3csc(Nc4ccc(Cl)cc4)n3)cc2)cc1Br. The van der Waals surface area contributed by atoms with Gasteiger partial charge in [0.25, 0.3) is 5.91 Å². The first kappa shape index (κ1) is 24.9. The molecule has 0 aliphatic rings. The number of hydrogen-bond acceptors (Lipinski definition) is 6. The molecule has 0 aliphatic heterocycles. The van der Waals surface area contributed by atoms with E-state index in [0.717, 1.165) is 44.3 Å². The summed E-state index contributed by atoms with van der Waals surface area (Å²) in [6, 6.07) is 20.3. The maximum Gasteiger partial charge on any atom is 0.271 e. The van der Waals surface area contributed by atoms with Crippen molar-refractivity contribution in [3.63, 3.8) is 0 Å². The summed E-state index contributed by atoms with van der Waals surface area (Å²) in [7, 11) is 0. The number of anilines is 2. The summed E-state index contributed by atoms with van der Waals surface area (Å²) in [4.78, 5) is 17.1. The van der Waals surface area contributed by atoms with Gasteiger partial charge >= 0.3 is 0 Å². The summed E-state index contributed by atoms with van der Waals surface area (Å²) in [5, 5.41) is 10.8. The number of aromatic nitrogens is 1. The quantitative estimate of drug-likeness (QED) is 0.161.